The van der Waals surface area contributed by atoms with Crippen LogP contribution in [0.1, 0.15) is 41.5 Å². The Labute approximate surface area is 145 Å². The maximum Gasteiger partial charge on any atom is 0.245 e. The Balaban J connectivity index is 2.25. The summed E-state index contributed by atoms with van der Waals surface area (Å²) in [6, 6.07) is 3.24. The fraction of sp³-hybridized carbons (Fsp3) is 0.706. The maximum atomic E-state index is 12.9. The highest BCUT2D eigenvalue weighted by molar-refractivity contribution is 7.89. The minimum Gasteiger partial charge on any atom is -0.372 e. The number of anilines is 1. The van der Waals surface area contributed by atoms with Crippen LogP contribution >= 0.6 is 0 Å². The first-order chi connectivity index (χ1) is 11.1. The van der Waals surface area contributed by atoms with E-state index in [9.17, 15) is 8.42 Å². The van der Waals surface area contributed by atoms with Gasteiger partial charge in [-0.05, 0) is 53.7 Å². The molecule has 0 aliphatic carbocycles. The van der Waals surface area contributed by atoms with Crippen LogP contribution in [0.2, 0.25) is 0 Å². The molecule has 136 valence electrons. The molecule has 1 aliphatic rings. The zero-order valence-corrected chi connectivity index (χ0v) is 16.2. The second-order valence-corrected chi connectivity index (χ2v) is 8.88. The molecule has 2 heterocycles. The van der Waals surface area contributed by atoms with Gasteiger partial charge in [-0.2, -0.15) is 4.31 Å². The van der Waals surface area contributed by atoms with E-state index >= 15 is 0 Å². The minimum absolute atomic E-state index is 0.101. The number of sulfonamides is 1. The Morgan fingerprint density at radius 3 is 2.08 bits per heavy atom. The molecule has 1 aromatic rings. The number of morpholine rings is 1. The van der Waals surface area contributed by atoms with Crippen LogP contribution in [0.25, 0.3) is 0 Å². The van der Waals surface area contributed by atoms with Gasteiger partial charge in [-0.1, -0.05) is 0 Å². The summed E-state index contributed by atoms with van der Waals surface area (Å²) < 4.78 is 33.0. The third-order valence-corrected chi connectivity index (χ3v) is 6.29. The van der Waals surface area contributed by atoms with Gasteiger partial charge in [0.05, 0.1) is 12.2 Å². The normalized spacial score (nSPS) is 22.6. The Hall–Kier alpha value is -1.18. The number of hydrogen-bond donors (Lipinski definition) is 0. The van der Waals surface area contributed by atoms with Gasteiger partial charge in [0.1, 0.15) is 10.7 Å². The minimum atomic E-state index is -3.54. The van der Waals surface area contributed by atoms with Gasteiger partial charge in [-0.25, -0.2) is 13.4 Å². The molecule has 1 saturated heterocycles. The average Bonchev–Trinajstić information content (AvgIpc) is 2.45. The fourth-order valence-corrected chi connectivity index (χ4v) is 5.13. The van der Waals surface area contributed by atoms with Crippen LogP contribution in [0.15, 0.2) is 23.2 Å². The molecule has 6 nitrogen and oxygen atoms in total. The predicted octanol–water partition coefficient (Wildman–Crippen LogP) is 2.50. The van der Waals surface area contributed by atoms with Crippen molar-refractivity contribution in [1.82, 2.24) is 9.29 Å². The van der Waals surface area contributed by atoms with Crippen LogP contribution in [0.5, 0.6) is 0 Å². The first-order valence-corrected chi connectivity index (χ1v) is 9.97. The molecule has 0 bridgehead atoms. The number of pyridine rings is 1. The smallest absolute Gasteiger partial charge is 0.245 e. The maximum absolute atomic E-state index is 12.9. The first kappa shape index (κ1) is 19.1. The van der Waals surface area contributed by atoms with Crippen LogP contribution in [-0.4, -0.2) is 55.1 Å². The highest BCUT2D eigenvalue weighted by Gasteiger charge is 2.30. The Morgan fingerprint density at radius 2 is 1.67 bits per heavy atom. The largest absolute Gasteiger partial charge is 0.372 e. The van der Waals surface area contributed by atoms with Crippen molar-refractivity contribution >= 4 is 15.8 Å². The molecule has 1 aliphatic heterocycles. The molecule has 2 rings (SSSR count). The Bertz CT molecular complexity index is 626. The van der Waals surface area contributed by atoms with Crippen molar-refractivity contribution in [3.05, 3.63) is 18.3 Å². The van der Waals surface area contributed by atoms with Crippen molar-refractivity contribution in [2.75, 3.05) is 18.0 Å². The summed E-state index contributed by atoms with van der Waals surface area (Å²) in [4.78, 5) is 6.78. The summed E-state index contributed by atoms with van der Waals surface area (Å²) in [5.74, 6) is 0.789. The molecule has 0 aromatic carbocycles. The molecule has 0 saturated carbocycles. The van der Waals surface area contributed by atoms with Crippen molar-refractivity contribution in [2.24, 2.45) is 0 Å². The van der Waals surface area contributed by atoms with Crippen molar-refractivity contribution in [1.29, 1.82) is 0 Å². The van der Waals surface area contributed by atoms with E-state index in [0.29, 0.717) is 0 Å². The van der Waals surface area contributed by atoms with E-state index in [-0.39, 0.29) is 29.2 Å². The molecule has 2 atom stereocenters. The monoisotopic (exact) mass is 355 g/mol. The zero-order chi connectivity index (χ0) is 18.1. The lowest BCUT2D eigenvalue weighted by atomic mass is 10.2. The topological polar surface area (TPSA) is 62.7 Å². The predicted molar refractivity (Wildman–Crippen MR) is 95.8 cm³/mol. The number of hydrogen-bond acceptors (Lipinski definition) is 5. The molecule has 24 heavy (non-hydrogen) atoms. The van der Waals surface area contributed by atoms with E-state index in [4.69, 9.17) is 4.74 Å². The van der Waals surface area contributed by atoms with Gasteiger partial charge in [0.2, 0.25) is 10.0 Å². The van der Waals surface area contributed by atoms with Gasteiger partial charge in [0.15, 0.2) is 0 Å². The summed E-state index contributed by atoms with van der Waals surface area (Å²) in [6.07, 6.45) is 1.74. The molecule has 1 fully saturated rings. The van der Waals surface area contributed by atoms with Gasteiger partial charge < -0.3 is 9.64 Å². The van der Waals surface area contributed by atoms with Crippen molar-refractivity contribution in [2.45, 2.75) is 70.7 Å². The molecule has 0 N–H and O–H groups in total. The van der Waals surface area contributed by atoms with Crippen LogP contribution in [0.3, 0.4) is 0 Å². The Kier molecular flexibility index (Phi) is 5.88. The Morgan fingerprint density at radius 1 is 1.12 bits per heavy atom. The van der Waals surface area contributed by atoms with E-state index in [1.807, 2.05) is 41.5 Å². The van der Waals surface area contributed by atoms with Crippen molar-refractivity contribution in [3.8, 4) is 0 Å². The number of rotatable bonds is 5. The van der Waals surface area contributed by atoms with E-state index in [2.05, 4.69) is 9.88 Å². The van der Waals surface area contributed by atoms with E-state index < -0.39 is 10.0 Å². The van der Waals surface area contributed by atoms with Gasteiger partial charge in [-0.3, -0.25) is 0 Å². The third-order valence-electron chi connectivity index (χ3n) is 4.06. The molecule has 1 aromatic heterocycles. The van der Waals surface area contributed by atoms with Gasteiger partial charge in [0, 0.05) is 31.4 Å². The molecule has 0 spiro atoms. The van der Waals surface area contributed by atoms with Gasteiger partial charge in [0.25, 0.3) is 0 Å². The third kappa shape index (κ3) is 4.07. The van der Waals surface area contributed by atoms with E-state index in [0.717, 1.165) is 18.9 Å². The molecule has 0 amide bonds. The fourth-order valence-electron chi connectivity index (χ4n) is 3.35. The summed E-state index contributed by atoms with van der Waals surface area (Å²) in [6.45, 7) is 13.1. The van der Waals surface area contributed by atoms with Crippen LogP contribution in [0, 0.1) is 0 Å². The van der Waals surface area contributed by atoms with Crippen molar-refractivity contribution in [3.63, 3.8) is 0 Å². The average molecular weight is 356 g/mol. The summed E-state index contributed by atoms with van der Waals surface area (Å²) in [5, 5.41) is 0. The van der Waals surface area contributed by atoms with Gasteiger partial charge >= 0.3 is 0 Å². The lowest BCUT2D eigenvalue weighted by molar-refractivity contribution is -0.00546. The number of aromatic nitrogens is 1. The second kappa shape index (κ2) is 7.37. The second-order valence-electron chi connectivity index (χ2n) is 7.04. The van der Waals surface area contributed by atoms with Crippen LogP contribution in [0.4, 0.5) is 5.82 Å². The highest BCUT2D eigenvalue weighted by atomic mass is 32.2. The summed E-state index contributed by atoms with van der Waals surface area (Å²) >= 11 is 0. The molecule has 0 unspecified atom stereocenters. The number of ether oxygens (including phenoxy) is 1. The van der Waals surface area contributed by atoms with Crippen LogP contribution in [-0.2, 0) is 14.8 Å². The molecular weight excluding hydrogens is 326 g/mol. The lowest BCUT2D eigenvalue weighted by Gasteiger charge is -2.36. The lowest BCUT2D eigenvalue weighted by Crippen LogP contribution is -2.46. The highest BCUT2D eigenvalue weighted by Crippen LogP contribution is 2.23. The van der Waals surface area contributed by atoms with E-state index in [1.54, 1.807) is 12.1 Å². The molecule has 0 radical (unpaired) electrons. The number of nitrogens with zero attached hydrogens (tertiary/aromatic N) is 3. The molecular formula is C17H29N3O3S. The summed E-state index contributed by atoms with van der Waals surface area (Å²) in [7, 11) is -3.54. The van der Waals surface area contributed by atoms with Gasteiger partial charge in [-0.15, -0.1) is 0 Å². The first-order valence-electron chi connectivity index (χ1n) is 8.53. The molecule has 7 heteroatoms. The standard InChI is InChI=1S/C17H29N3O3S/c1-12(2)20(13(3)4)24(21,22)16-7-8-17(18-9-16)19-10-14(5)23-15(6)11-19/h7-9,12-15H,10-11H2,1-6H3/t14-,15-/m0/s1. The zero-order valence-electron chi connectivity index (χ0n) is 15.4. The van der Waals surface area contributed by atoms with E-state index in [1.165, 1.54) is 10.5 Å². The SMILES string of the molecule is CC(C)N(C(C)C)S(=O)(=O)c1ccc(N2C[C@H](C)O[C@@H](C)C2)nc1. The quantitative estimate of drug-likeness (QED) is 0.812. The summed E-state index contributed by atoms with van der Waals surface area (Å²) in [5.41, 5.74) is 0. The van der Waals surface area contributed by atoms with Crippen LogP contribution < -0.4 is 4.90 Å². The van der Waals surface area contributed by atoms with Crippen molar-refractivity contribution < 1.29 is 13.2 Å².